The van der Waals surface area contributed by atoms with Crippen LogP contribution in [0.1, 0.15) is 71.8 Å². The second-order valence-corrected chi connectivity index (χ2v) is 7.88. The van der Waals surface area contributed by atoms with E-state index < -0.39 is 0 Å². The Morgan fingerprint density at radius 1 is 1.16 bits per heavy atom. The lowest BCUT2D eigenvalue weighted by atomic mass is 9.93. The molecule has 0 atom stereocenters. The predicted octanol–water partition coefficient (Wildman–Crippen LogP) is 4.37. The van der Waals surface area contributed by atoms with E-state index in [1.807, 2.05) is 29.4 Å². The average Bonchev–Trinajstić information content (AvgIpc) is 3.38. The molecule has 1 aromatic heterocycles. The molecule has 0 radical (unpaired) electrons. The van der Waals surface area contributed by atoms with Crippen LogP contribution < -0.4 is 0 Å². The van der Waals surface area contributed by atoms with Gasteiger partial charge in [0, 0.05) is 36.1 Å². The lowest BCUT2D eigenvalue weighted by Crippen LogP contribution is -2.49. The summed E-state index contributed by atoms with van der Waals surface area (Å²) in [7, 11) is 0. The van der Waals surface area contributed by atoms with Crippen LogP contribution in [0.25, 0.3) is 0 Å². The van der Waals surface area contributed by atoms with E-state index in [0.29, 0.717) is 29.6 Å². The van der Waals surface area contributed by atoms with Crippen LogP contribution in [0, 0.1) is 0 Å². The fraction of sp³-hybridized carbons (Fsp3) is 0.450. The average molecular weight is 356 g/mol. The maximum absolute atomic E-state index is 12.9. The van der Waals surface area contributed by atoms with Gasteiger partial charge in [-0.15, -0.1) is 0 Å². The minimum atomic E-state index is 0.0528. The van der Waals surface area contributed by atoms with Crippen molar-refractivity contribution < 1.29 is 4.79 Å². The first-order chi connectivity index (χ1) is 12.0. The monoisotopic (exact) mass is 355 g/mol. The highest BCUT2D eigenvalue weighted by Crippen LogP contribution is 2.39. The number of carbonyl (C=O) groups is 1. The Labute approximate surface area is 153 Å². The molecule has 0 spiro atoms. The number of hydrogen-bond donors (Lipinski definition) is 0. The van der Waals surface area contributed by atoms with Crippen LogP contribution in [0.4, 0.5) is 0 Å². The molecule has 2 fully saturated rings. The molecule has 5 heteroatoms. The van der Waals surface area contributed by atoms with Crippen LogP contribution in [0.2, 0.25) is 5.02 Å². The molecule has 1 aliphatic heterocycles. The van der Waals surface area contributed by atoms with E-state index in [9.17, 15) is 4.79 Å². The Hall–Kier alpha value is -1.94. The Bertz CT molecular complexity index is 793. The predicted molar refractivity (Wildman–Crippen MR) is 98.2 cm³/mol. The van der Waals surface area contributed by atoms with Gasteiger partial charge in [-0.1, -0.05) is 31.5 Å². The SMILES string of the molecule is CC(C)c1ccc(Cl)cc1C(=O)N1CC(c2ncc(C3CC3)cn2)C1. The second kappa shape index (κ2) is 6.41. The minimum absolute atomic E-state index is 0.0528. The summed E-state index contributed by atoms with van der Waals surface area (Å²) in [5.74, 6) is 2.09. The van der Waals surface area contributed by atoms with Crippen LogP contribution in [0.5, 0.6) is 0 Å². The smallest absolute Gasteiger partial charge is 0.254 e. The molecule has 1 amide bonds. The van der Waals surface area contributed by atoms with Crippen molar-refractivity contribution in [3.8, 4) is 0 Å². The fourth-order valence-corrected chi connectivity index (χ4v) is 3.55. The van der Waals surface area contributed by atoms with Gasteiger partial charge in [0.15, 0.2) is 0 Å². The van der Waals surface area contributed by atoms with Crippen molar-refractivity contribution in [1.29, 1.82) is 0 Å². The Kier molecular flexibility index (Phi) is 4.24. The number of benzene rings is 1. The molecule has 2 aliphatic rings. The van der Waals surface area contributed by atoms with Gasteiger partial charge in [0.2, 0.25) is 0 Å². The molecule has 0 N–H and O–H groups in total. The van der Waals surface area contributed by atoms with E-state index in [-0.39, 0.29) is 17.7 Å². The van der Waals surface area contributed by atoms with E-state index in [0.717, 1.165) is 11.4 Å². The lowest BCUT2D eigenvalue weighted by molar-refractivity contribution is 0.0593. The molecular formula is C20H22ClN3O. The largest absolute Gasteiger partial charge is 0.337 e. The third kappa shape index (κ3) is 3.28. The summed E-state index contributed by atoms with van der Waals surface area (Å²) >= 11 is 6.11. The first kappa shape index (κ1) is 16.5. The topological polar surface area (TPSA) is 46.1 Å². The molecular weight excluding hydrogens is 334 g/mol. The lowest BCUT2D eigenvalue weighted by Gasteiger charge is -2.38. The molecule has 25 heavy (non-hydrogen) atoms. The zero-order chi connectivity index (χ0) is 17.6. The van der Waals surface area contributed by atoms with E-state index in [2.05, 4.69) is 23.8 Å². The standard InChI is InChI=1S/C20H22ClN3O/c1-12(2)17-6-5-16(21)7-18(17)20(25)24-10-15(11-24)19-22-8-14(9-23-19)13-3-4-13/h5-9,12-13,15H,3-4,10-11H2,1-2H3. The molecule has 1 saturated heterocycles. The van der Waals surface area contributed by atoms with Crippen LogP contribution in [0.15, 0.2) is 30.6 Å². The van der Waals surface area contributed by atoms with Gasteiger partial charge in [0.05, 0.1) is 5.92 Å². The van der Waals surface area contributed by atoms with Crippen molar-refractivity contribution in [2.45, 2.75) is 44.4 Å². The van der Waals surface area contributed by atoms with Crippen molar-refractivity contribution in [2.75, 3.05) is 13.1 Å². The first-order valence-electron chi connectivity index (χ1n) is 8.93. The van der Waals surface area contributed by atoms with Gasteiger partial charge in [-0.3, -0.25) is 4.79 Å². The van der Waals surface area contributed by atoms with E-state index in [4.69, 9.17) is 11.6 Å². The van der Waals surface area contributed by atoms with Gasteiger partial charge >= 0.3 is 0 Å². The zero-order valence-electron chi connectivity index (χ0n) is 14.6. The molecule has 1 saturated carbocycles. The van der Waals surface area contributed by atoms with Gasteiger partial charge in [0.25, 0.3) is 5.91 Å². The fourth-order valence-electron chi connectivity index (χ4n) is 3.38. The summed E-state index contributed by atoms with van der Waals surface area (Å²) < 4.78 is 0. The van der Waals surface area contributed by atoms with E-state index in [1.165, 1.54) is 18.4 Å². The van der Waals surface area contributed by atoms with Crippen LogP contribution in [-0.2, 0) is 0 Å². The summed E-state index contributed by atoms with van der Waals surface area (Å²) in [6, 6.07) is 5.59. The van der Waals surface area contributed by atoms with Gasteiger partial charge in [-0.25, -0.2) is 9.97 Å². The normalized spacial score (nSPS) is 17.7. The van der Waals surface area contributed by atoms with Gasteiger partial charge in [0.1, 0.15) is 5.82 Å². The van der Waals surface area contributed by atoms with Gasteiger partial charge in [-0.05, 0) is 47.9 Å². The number of amides is 1. The summed E-state index contributed by atoms with van der Waals surface area (Å²) in [4.78, 5) is 23.8. The van der Waals surface area contributed by atoms with E-state index in [1.54, 1.807) is 6.07 Å². The number of rotatable bonds is 4. The maximum atomic E-state index is 12.9. The van der Waals surface area contributed by atoms with Crippen molar-refractivity contribution in [3.05, 3.63) is 58.1 Å². The summed E-state index contributed by atoms with van der Waals surface area (Å²) in [5.41, 5.74) is 3.00. The molecule has 4 nitrogen and oxygen atoms in total. The van der Waals surface area contributed by atoms with Crippen molar-refractivity contribution in [2.24, 2.45) is 0 Å². The maximum Gasteiger partial charge on any atom is 0.254 e. The summed E-state index contributed by atoms with van der Waals surface area (Å²) in [6.45, 7) is 5.53. The highest BCUT2D eigenvalue weighted by atomic mass is 35.5. The second-order valence-electron chi connectivity index (χ2n) is 7.44. The van der Waals surface area contributed by atoms with Crippen molar-refractivity contribution >= 4 is 17.5 Å². The minimum Gasteiger partial charge on any atom is -0.337 e. The third-order valence-corrected chi connectivity index (χ3v) is 5.38. The van der Waals surface area contributed by atoms with Gasteiger partial charge in [-0.2, -0.15) is 0 Å². The number of nitrogens with zero attached hydrogens (tertiary/aromatic N) is 3. The highest BCUT2D eigenvalue weighted by molar-refractivity contribution is 6.31. The van der Waals surface area contributed by atoms with E-state index >= 15 is 0 Å². The third-order valence-electron chi connectivity index (χ3n) is 5.14. The molecule has 2 aromatic rings. The molecule has 1 aliphatic carbocycles. The van der Waals surface area contributed by atoms with Crippen LogP contribution >= 0.6 is 11.6 Å². The quantitative estimate of drug-likeness (QED) is 0.818. The number of aromatic nitrogens is 2. The summed E-state index contributed by atoms with van der Waals surface area (Å²) in [5, 5.41) is 0.601. The molecule has 0 unspecified atom stereocenters. The molecule has 130 valence electrons. The number of likely N-dealkylation sites (tertiary alicyclic amines) is 1. The van der Waals surface area contributed by atoms with Crippen LogP contribution in [0.3, 0.4) is 0 Å². The summed E-state index contributed by atoms with van der Waals surface area (Å²) in [6.07, 6.45) is 6.43. The Balaban J connectivity index is 1.45. The van der Waals surface area contributed by atoms with Crippen molar-refractivity contribution in [1.82, 2.24) is 14.9 Å². The molecule has 1 aromatic carbocycles. The highest BCUT2D eigenvalue weighted by Gasteiger charge is 2.35. The number of hydrogen-bond acceptors (Lipinski definition) is 3. The molecule has 2 heterocycles. The zero-order valence-corrected chi connectivity index (χ0v) is 15.3. The van der Waals surface area contributed by atoms with Crippen LogP contribution in [-0.4, -0.2) is 33.9 Å². The Morgan fingerprint density at radius 2 is 1.84 bits per heavy atom. The number of halogens is 1. The van der Waals surface area contributed by atoms with Crippen molar-refractivity contribution in [3.63, 3.8) is 0 Å². The number of carbonyl (C=O) groups excluding carboxylic acids is 1. The Morgan fingerprint density at radius 3 is 2.44 bits per heavy atom. The van der Waals surface area contributed by atoms with Gasteiger partial charge < -0.3 is 4.90 Å². The first-order valence-corrected chi connectivity index (χ1v) is 9.31. The molecule has 0 bridgehead atoms. The molecule has 4 rings (SSSR count).